The molecule has 2 heterocycles. The molecule has 1 saturated carbocycles. The van der Waals surface area contributed by atoms with Crippen molar-refractivity contribution in [2.45, 2.75) is 25.8 Å². The lowest BCUT2D eigenvalue weighted by Crippen LogP contribution is -2.32. The Kier molecular flexibility index (Phi) is 2.61. The van der Waals surface area contributed by atoms with Crippen molar-refractivity contribution in [1.82, 2.24) is 10.0 Å². The largest absolute Gasteiger partial charge is 0.298 e. The van der Waals surface area contributed by atoms with Crippen LogP contribution in [0.2, 0.25) is 0 Å². The average Bonchev–Trinajstić information content (AvgIpc) is 3.11. The maximum absolute atomic E-state index is 13.5. The summed E-state index contributed by atoms with van der Waals surface area (Å²) < 4.78 is 13.5. The fourth-order valence-corrected chi connectivity index (χ4v) is 2.00. The highest BCUT2D eigenvalue weighted by atomic mass is 19.1. The Hall–Kier alpha value is -1.00. The molecule has 0 unspecified atom stereocenters. The Morgan fingerprint density at radius 2 is 2.31 bits per heavy atom. The maximum Gasteiger partial charge on any atom is 0.146 e. The predicted octanol–water partition coefficient (Wildman–Crippen LogP) is 1.92. The molecule has 3 nitrogen and oxygen atoms in total. The second kappa shape index (κ2) is 4.11. The Labute approximate surface area is 94.2 Å². The number of rotatable bonds is 3. The van der Waals surface area contributed by atoms with Gasteiger partial charge in [0, 0.05) is 18.3 Å². The normalized spacial score (nSPS) is 20.8. The molecule has 1 aromatic rings. The van der Waals surface area contributed by atoms with Gasteiger partial charge in [0.25, 0.3) is 0 Å². The summed E-state index contributed by atoms with van der Waals surface area (Å²) in [6.45, 7) is 2.18. The van der Waals surface area contributed by atoms with Crippen LogP contribution in [-0.4, -0.2) is 23.2 Å². The van der Waals surface area contributed by atoms with E-state index in [0.29, 0.717) is 6.54 Å². The number of fused-ring (bicyclic) bond motifs is 1. The smallest absolute Gasteiger partial charge is 0.146 e. The van der Waals surface area contributed by atoms with Crippen molar-refractivity contribution < 1.29 is 9.23 Å². The predicted molar refractivity (Wildman–Crippen MR) is 57.0 cm³/mol. The van der Waals surface area contributed by atoms with Crippen LogP contribution in [0, 0.1) is 11.7 Å². The first-order chi connectivity index (χ1) is 7.83. The summed E-state index contributed by atoms with van der Waals surface area (Å²) in [5.41, 5.74) is 1.77. The number of halogens is 1. The summed E-state index contributed by atoms with van der Waals surface area (Å²) >= 11 is 0. The molecule has 2 aliphatic rings. The van der Waals surface area contributed by atoms with Gasteiger partial charge in [0.1, 0.15) is 5.82 Å². The van der Waals surface area contributed by atoms with Gasteiger partial charge >= 0.3 is 0 Å². The first kappa shape index (κ1) is 10.2. The molecule has 16 heavy (non-hydrogen) atoms. The molecule has 0 atom stereocenters. The van der Waals surface area contributed by atoms with E-state index >= 15 is 0 Å². The minimum Gasteiger partial charge on any atom is -0.298 e. The van der Waals surface area contributed by atoms with Crippen LogP contribution in [0.3, 0.4) is 0 Å². The SMILES string of the molecule is Fc1cncc2c1CN(OCC1CC1)CC2. The van der Waals surface area contributed by atoms with E-state index in [1.54, 1.807) is 6.20 Å². The van der Waals surface area contributed by atoms with Crippen molar-refractivity contribution in [2.75, 3.05) is 13.2 Å². The monoisotopic (exact) mass is 222 g/mol. The van der Waals surface area contributed by atoms with Crippen molar-refractivity contribution in [2.24, 2.45) is 5.92 Å². The van der Waals surface area contributed by atoms with Crippen molar-refractivity contribution in [1.29, 1.82) is 0 Å². The van der Waals surface area contributed by atoms with E-state index in [1.807, 2.05) is 5.06 Å². The topological polar surface area (TPSA) is 25.4 Å². The van der Waals surface area contributed by atoms with Crippen LogP contribution in [0.5, 0.6) is 0 Å². The van der Waals surface area contributed by atoms with Gasteiger partial charge in [-0.05, 0) is 30.7 Å². The molecule has 0 amide bonds. The highest BCUT2D eigenvalue weighted by molar-refractivity contribution is 5.26. The van der Waals surface area contributed by atoms with E-state index in [4.69, 9.17) is 4.84 Å². The van der Waals surface area contributed by atoms with Crippen LogP contribution < -0.4 is 0 Å². The highest BCUT2D eigenvalue weighted by Crippen LogP contribution is 2.30. The van der Waals surface area contributed by atoms with Crippen LogP contribution in [-0.2, 0) is 17.8 Å². The van der Waals surface area contributed by atoms with Crippen LogP contribution in [0.25, 0.3) is 0 Å². The molecular formula is C12H15FN2O. The third-order valence-corrected chi connectivity index (χ3v) is 3.25. The minimum atomic E-state index is -0.211. The molecule has 0 saturated heterocycles. The first-order valence-electron chi connectivity index (χ1n) is 5.82. The lowest BCUT2D eigenvalue weighted by atomic mass is 10.0. The molecule has 0 radical (unpaired) electrons. The van der Waals surface area contributed by atoms with Gasteiger partial charge in [-0.2, -0.15) is 5.06 Å². The minimum absolute atomic E-state index is 0.211. The highest BCUT2D eigenvalue weighted by Gasteiger charge is 2.25. The molecule has 1 fully saturated rings. The standard InChI is InChI=1S/C12H15FN2O/c13-12-6-14-5-10-3-4-15(7-11(10)12)16-8-9-1-2-9/h5-6,9H,1-4,7-8H2. The molecule has 0 N–H and O–H groups in total. The van der Waals surface area contributed by atoms with Crippen LogP contribution in [0.15, 0.2) is 12.4 Å². The second-order valence-electron chi connectivity index (χ2n) is 4.61. The second-order valence-corrected chi connectivity index (χ2v) is 4.61. The van der Waals surface area contributed by atoms with Gasteiger partial charge in [0.15, 0.2) is 0 Å². The average molecular weight is 222 g/mol. The molecule has 0 aromatic carbocycles. The van der Waals surface area contributed by atoms with E-state index in [1.165, 1.54) is 19.0 Å². The third-order valence-electron chi connectivity index (χ3n) is 3.25. The van der Waals surface area contributed by atoms with E-state index in [-0.39, 0.29) is 5.82 Å². The number of hydrogen-bond donors (Lipinski definition) is 0. The Morgan fingerprint density at radius 3 is 3.12 bits per heavy atom. The molecule has 1 aromatic heterocycles. The number of nitrogens with zero attached hydrogens (tertiary/aromatic N) is 2. The summed E-state index contributed by atoms with van der Waals surface area (Å²) in [5.74, 6) is 0.529. The lowest BCUT2D eigenvalue weighted by Gasteiger charge is -2.27. The third kappa shape index (κ3) is 2.08. The van der Waals surface area contributed by atoms with Crippen molar-refractivity contribution in [3.8, 4) is 0 Å². The summed E-state index contributed by atoms with van der Waals surface area (Å²) in [7, 11) is 0. The molecular weight excluding hydrogens is 207 g/mol. The summed E-state index contributed by atoms with van der Waals surface area (Å²) in [5, 5.41) is 1.88. The van der Waals surface area contributed by atoms with Gasteiger partial charge in [-0.3, -0.25) is 9.82 Å². The number of pyridine rings is 1. The van der Waals surface area contributed by atoms with Gasteiger partial charge in [-0.25, -0.2) is 4.39 Å². The van der Waals surface area contributed by atoms with Gasteiger partial charge in [-0.15, -0.1) is 0 Å². The van der Waals surface area contributed by atoms with Crippen molar-refractivity contribution in [3.05, 3.63) is 29.3 Å². The number of hydrogen-bond acceptors (Lipinski definition) is 3. The van der Waals surface area contributed by atoms with Gasteiger partial charge in [0.05, 0.1) is 19.3 Å². The van der Waals surface area contributed by atoms with E-state index in [0.717, 1.165) is 36.6 Å². The van der Waals surface area contributed by atoms with Gasteiger partial charge in [0.2, 0.25) is 0 Å². The quantitative estimate of drug-likeness (QED) is 0.781. The molecule has 86 valence electrons. The Balaban J connectivity index is 1.67. The van der Waals surface area contributed by atoms with Crippen LogP contribution in [0.1, 0.15) is 24.0 Å². The Bertz CT molecular complexity index is 393. The summed E-state index contributed by atoms with van der Waals surface area (Å²) in [6.07, 6.45) is 6.43. The zero-order valence-corrected chi connectivity index (χ0v) is 9.16. The molecule has 1 aliphatic carbocycles. The molecule has 3 rings (SSSR count). The maximum atomic E-state index is 13.5. The Morgan fingerprint density at radius 1 is 1.44 bits per heavy atom. The van der Waals surface area contributed by atoms with Gasteiger partial charge < -0.3 is 0 Å². The molecule has 4 heteroatoms. The van der Waals surface area contributed by atoms with E-state index in [9.17, 15) is 4.39 Å². The summed E-state index contributed by atoms with van der Waals surface area (Å²) in [6, 6.07) is 0. The van der Waals surface area contributed by atoms with Crippen LogP contribution in [0.4, 0.5) is 4.39 Å². The van der Waals surface area contributed by atoms with Crippen molar-refractivity contribution >= 4 is 0 Å². The number of hydroxylamine groups is 2. The van der Waals surface area contributed by atoms with Crippen molar-refractivity contribution in [3.63, 3.8) is 0 Å². The zero-order chi connectivity index (χ0) is 11.0. The number of aromatic nitrogens is 1. The molecule has 0 bridgehead atoms. The van der Waals surface area contributed by atoms with Crippen LogP contribution >= 0.6 is 0 Å². The lowest BCUT2D eigenvalue weighted by molar-refractivity contribution is -0.173. The van der Waals surface area contributed by atoms with Gasteiger partial charge in [-0.1, -0.05) is 0 Å². The van der Waals surface area contributed by atoms with E-state index in [2.05, 4.69) is 4.98 Å². The fraction of sp³-hybridized carbons (Fsp3) is 0.583. The summed E-state index contributed by atoms with van der Waals surface area (Å²) in [4.78, 5) is 9.54. The first-order valence-corrected chi connectivity index (χ1v) is 5.82. The van der Waals surface area contributed by atoms with E-state index < -0.39 is 0 Å². The molecule has 1 aliphatic heterocycles. The molecule has 0 spiro atoms. The fourth-order valence-electron chi connectivity index (χ4n) is 2.00. The zero-order valence-electron chi connectivity index (χ0n) is 9.16.